The molecule has 13 heteroatoms. The molecule has 3 aliphatic rings. The molecule has 0 aromatic heterocycles. The Morgan fingerprint density at radius 3 is 2.59 bits per heavy atom. The van der Waals surface area contributed by atoms with Crippen LogP contribution in [0.2, 0.25) is 0 Å². The number of piperazine rings is 1. The van der Waals surface area contributed by atoms with Crippen molar-refractivity contribution in [1.82, 2.24) is 20.3 Å². The molecule has 0 spiro atoms. The fourth-order valence-corrected chi connectivity index (χ4v) is 7.18. The number of nitrogens with one attached hydrogen (secondary N) is 3. The zero-order valence-corrected chi connectivity index (χ0v) is 24.0. The first kappa shape index (κ1) is 29.8. The number of alkyl halides is 3. The number of amides is 1. The van der Waals surface area contributed by atoms with Crippen molar-refractivity contribution in [3.63, 3.8) is 0 Å². The summed E-state index contributed by atoms with van der Waals surface area (Å²) in [6.45, 7) is 7.41. The number of carbonyl (C=O) groups is 1. The highest BCUT2D eigenvalue weighted by Gasteiger charge is 2.67. The van der Waals surface area contributed by atoms with Gasteiger partial charge in [0.25, 0.3) is 0 Å². The largest absolute Gasteiger partial charge is 0.573 e. The molecule has 2 saturated heterocycles. The Bertz CT molecular complexity index is 1390. The summed E-state index contributed by atoms with van der Waals surface area (Å²) >= 11 is 0. The second-order valence-electron chi connectivity index (χ2n) is 11.7. The Labute approximate surface area is 237 Å². The third kappa shape index (κ3) is 6.69. The summed E-state index contributed by atoms with van der Waals surface area (Å²) in [4.78, 5) is 13.1. The maximum absolute atomic E-state index is 13.5. The van der Waals surface area contributed by atoms with Crippen molar-refractivity contribution in [3.05, 3.63) is 59.2 Å². The fourth-order valence-electron chi connectivity index (χ4n) is 5.50. The molecule has 2 heterocycles. The van der Waals surface area contributed by atoms with Gasteiger partial charge >= 0.3 is 6.36 Å². The van der Waals surface area contributed by atoms with Gasteiger partial charge in [-0.15, -0.1) is 13.2 Å². The first-order valence-electron chi connectivity index (χ1n) is 13.6. The predicted molar refractivity (Wildman–Crippen MR) is 144 cm³/mol. The summed E-state index contributed by atoms with van der Waals surface area (Å²) in [6, 6.07) is 10.1. The van der Waals surface area contributed by atoms with Gasteiger partial charge < -0.3 is 20.1 Å². The van der Waals surface area contributed by atoms with Crippen molar-refractivity contribution in [2.45, 2.75) is 87.8 Å². The molecule has 5 rings (SSSR count). The summed E-state index contributed by atoms with van der Waals surface area (Å²) in [5, 5.41) is 9.65. The van der Waals surface area contributed by atoms with E-state index >= 15 is 0 Å². The molecule has 1 aliphatic carbocycles. The number of fused-ring (bicyclic) bond motifs is 2. The quantitative estimate of drug-likeness (QED) is 0.399. The topological polar surface area (TPSA) is 112 Å². The van der Waals surface area contributed by atoms with Gasteiger partial charge in [-0.1, -0.05) is 18.2 Å². The van der Waals surface area contributed by atoms with Gasteiger partial charge in [-0.25, -0.2) is 8.42 Å². The van der Waals surface area contributed by atoms with E-state index < -0.39 is 34.1 Å². The van der Waals surface area contributed by atoms with Crippen molar-refractivity contribution in [2.24, 2.45) is 0 Å². The van der Waals surface area contributed by atoms with E-state index in [9.17, 15) is 26.4 Å². The first-order valence-corrected chi connectivity index (χ1v) is 15.1. The van der Waals surface area contributed by atoms with E-state index in [1.165, 1.54) is 11.1 Å². The van der Waals surface area contributed by atoms with Crippen LogP contribution in [0.1, 0.15) is 62.8 Å². The highest BCUT2D eigenvalue weighted by atomic mass is 32.2. The van der Waals surface area contributed by atoms with Crippen LogP contribution in [-0.2, 0) is 32.5 Å². The number of carbonyl (C=O) groups excluding carboxylic acids is 1. The number of halogens is 3. The number of epoxide rings is 1. The molecular weight excluding hydrogens is 561 g/mol. The van der Waals surface area contributed by atoms with Crippen LogP contribution in [-0.4, -0.2) is 55.6 Å². The van der Waals surface area contributed by atoms with E-state index in [2.05, 4.69) is 59.7 Å². The van der Waals surface area contributed by atoms with Gasteiger partial charge in [0.2, 0.25) is 15.9 Å². The Balaban J connectivity index is 1.28. The van der Waals surface area contributed by atoms with E-state index in [1.807, 2.05) is 0 Å². The van der Waals surface area contributed by atoms with E-state index in [0.717, 1.165) is 59.9 Å². The van der Waals surface area contributed by atoms with E-state index in [4.69, 9.17) is 4.74 Å². The number of aryl methyl sites for hydroxylation is 1. The number of nitrogens with zero attached hydrogens (tertiary/aromatic N) is 1. The van der Waals surface area contributed by atoms with Gasteiger partial charge in [-0.05, 0) is 81.0 Å². The van der Waals surface area contributed by atoms with Crippen LogP contribution in [0.25, 0.3) is 0 Å². The Hall–Kier alpha value is -2.71. The van der Waals surface area contributed by atoms with Crippen molar-refractivity contribution >= 4 is 15.9 Å². The predicted octanol–water partition coefficient (Wildman–Crippen LogP) is 3.70. The Kier molecular flexibility index (Phi) is 7.88. The van der Waals surface area contributed by atoms with Crippen molar-refractivity contribution in [1.29, 1.82) is 0 Å². The molecule has 0 radical (unpaired) electrons. The second kappa shape index (κ2) is 10.8. The molecule has 0 bridgehead atoms. The first-order chi connectivity index (χ1) is 19.2. The molecule has 2 aromatic rings. The van der Waals surface area contributed by atoms with Crippen LogP contribution in [0.15, 0.2) is 47.4 Å². The number of benzene rings is 2. The monoisotopic (exact) mass is 596 g/mol. The van der Waals surface area contributed by atoms with Gasteiger partial charge in [-0.2, -0.15) is 4.31 Å². The molecule has 2 unspecified atom stereocenters. The highest BCUT2D eigenvalue weighted by Crippen LogP contribution is 2.46. The van der Waals surface area contributed by atoms with E-state index in [-0.39, 0.29) is 35.3 Å². The lowest BCUT2D eigenvalue weighted by atomic mass is 9.86. The average Bonchev–Trinajstić information content (AvgIpc) is 3.60. The SMILES string of the molecule is CC(C)(C)NCc1ccc2c(c1)CCC[C@H]2NC(=O)CC12OC1NCCN2S(=O)(=O)c1ccc(OC(F)(F)F)cc1. The molecule has 0 saturated carbocycles. The number of ether oxygens (including phenoxy) is 2. The van der Waals surface area contributed by atoms with Crippen molar-refractivity contribution in [3.8, 4) is 5.75 Å². The van der Waals surface area contributed by atoms with E-state index in [1.54, 1.807) is 0 Å². The molecular formula is C28H35F3N4O5S. The summed E-state index contributed by atoms with van der Waals surface area (Å²) in [6.07, 6.45) is -3.19. The zero-order valence-electron chi connectivity index (χ0n) is 23.2. The summed E-state index contributed by atoms with van der Waals surface area (Å²) in [5.74, 6) is -0.876. The molecule has 3 N–H and O–H groups in total. The van der Waals surface area contributed by atoms with Gasteiger partial charge in [0, 0.05) is 25.2 Å². The summed E-state index contributed by atoms with van der Waals surface area (Å²) < 4.78 is 75.4. The van der Waals surface area contributed by atoms with Crippen molar-refractivity contribution in [2.75, 3.05) is 13.1 Å². The smallest absolute Gasteiger partial charge is 0.406 e. The summed E-state index contributed by atoms with van der Waals surface area (Å²) in [5.41, 5.74) is 2.00. The molecule has 224 valence electrons. The lowest BCUT2D eigenvalue weighted by molar-refractivity contribution is -0.274. The zero-order chi connectivity index (χ0) is 29.6. The van der Waals surface area contributed by atoms with Crippen LogP contribution in [0.4, 0.5) is 13.2 Å². The fraction of sp³-hybridized carbons (Fsp3) is 0.536. The van der Waals surface area contributed by atoms with Crippen LogP contribution in [0, 0.1) is 0 Å². The molecule has 3 atom stereocenters. The molecule has 41 heavy (non-hydrogen) atoms. The minimum atomic E-state index is -4.89. The van der Waals surface area contributed by atoms with Gasteiger partial charge in [0.05, 0.1) is 17.4 Å². The molecule has 1 amide bonds. The third-order valence-electron chi connectivity index (χ3n) is 7.48. The van der Waals surface area contributed by atoms with Crippen LogP contribution < -0.4 is 20.7 Å². The molecule has 9 nitrogen and oxygen atoms in total. The van der Waals surface area contributed by atoms with E-state index in [0.29, 0.717) is 6.54 Å². The van der Waals surface area contributed by atoms with Gasteiger partial charge in [-0.3, -0.25) is 10.1 Å². The minimum Gasteiger partial charge on any atom is -0.406 e. The highest BCUT2D eigenvalue weighted by molar-refractivity contribution is 7.89. The average molecular weight is 597 g/mol. The number of hydrogen-bond acceptors (Lipinski definition) is 7. The minimum absolute atomic E-state index is 0.00507. The van der Waals surface area contributed by atoms with Crippen LogP contribution in [0.5, 0.6) is 5.75 Å². The Morgan fingerprint density at radius 1 is 1.17 bits per heavy atom. The van der Waals surface area contributed by atoms with Crippen LogP contribution >= 0.6 is 0 Å². The molecule has 2 aromatic carbocycles. The summed E-state index contributed by atoms with van der Waals surface area (Å²) in [7, 11) is -4.19. The Morgan fingerprint density at radius 2 is 1.90 bits per heavy atom. The standard InChI is InChI=1S/C28H35F3N4O5S/c1-26(2,3)33-17-18-7-12-22-19(15-18)5-4-6-23(22)34-24(36)16-27-25(40-27)32-13-14-35(27)41(37,38)21-10-8-20(9-11-21)39-28(29,30)31/h7-12,15,23,25,32-33H,4-6,13-14,16-17H2,1-3H3,(H,34,36)/t23-,25?,27?/m1/s1. The maximum atomic E-state index is 13.5. The van der Waals surface area contributed by atoms with Crippen LogP contribution in [0.3, 0.4) is 0 Å². The van der Waals surface area contributed by atoms with Gasteiger partial charge in [0.15, 0.2) is 12.0 Å². The normalized spacial score (nSPS) is 24.7. The number of sulfonamides is 1. The number of hydrogen-bond donors (Lipinski definition) is 3. The number of rotatable bonds is 8. The second-order valence-corrected chi connectivity index (χ2v) is 13.6. The van der Waals surface area contributed by atoms with Crippen molar-refractivity contribution < 1.29 is 35.9 Å². The lowest BCUT2D eigenvalue weighted by Gasteiger charge is -2.32. The van der Waals surface area contributed by atoms with Gasteiger partial charge in [0.1, 0.15) is 5.75 Å². The third-order valence-corrected chi connectivity index (χ3v) is 9.42. The molecule has 2 aliphatic heterocycles. The molecule has 2 fully saturated rings. The maximum Gasteiger partial charge on any atom is 0.573 e. The lowest BCUT2D eigenvalue weighted by Crippen LogP contribution is -2.55.